The van der Waals surface area contributed by atoms with Crippen molar-refractivity contribution in [2.45, 2.75) is 165 Å². The van der Waals surface area contributed by atoms with Gasteiger partial charge in [-0.25, -0.2) is 0 Å². The van der Waals surface area contributed by atoms with E-state index in [2.05, 4.69) is 5.32 Å². The molecule has 0 aromatic heterocycles. The van der Waals surface area contributed by atoms with E-state index in [1.54, 1.807) is 102 Å². The summed E-state index contributed by atoms with van der Waals surface area (Å²) >= 11 is 0. The van der Waals surface area contributed by atoms with Gasteiger partial charge in [0, 0.05) is 48.0 Å². The molecule has 4 aliphatic rings. The molecule has 6 rings (SSSR count). The van der Waals surface area contributed by atoms with Gasteiger partial charge < -0.3 is 84.2 Å². The van der Waals surface area contributed by atoms with Gasteiger partial charge >= 0.3 is 5.97 Å². The summed E-state index contributed by atoms with van der Waals surface area (Å²) in [6, 6.07) is 15.5. The van der Waals surface area contributed by atoms with E-state index in [-0.39, 0.29) is 13.0 Å². The van der Waals surface area contributed by atoms with Gasteiger partial charge in [-0.3, -0.25) is 10.1 Å². The molecule has 11 N–H and O–H groups in total. The lowest BCUT2D eigenvalue weighted by molar-refractivity contribution is -0.397. The second kappa shape index (κ2) is 20.3. The summed E-state index contributed by atoms with van der Waals surface area (Å²) < 4.78 is 42.2. The Labute approximate surface area is 385 Å². The molecule has 19 nitrogen and oxygen atoms in total. The number of hydrogen-bond acceptors (Lipinski definition) is 19. The van der Waals surface area contributed by atoms with Crippen LogP contribution in [0.25, 0.3) is 0 Å². The molecular formula is C47H71NO18. The minimum absolute atomic E-state index is 0.108. The van der Waals surface area contributed by atoms with Crippen LogP contribution in [0, 0.1) is 28.6 Å². The Bertz CT molecular complexity index is 1890. The van der Waals surface area contributed by atoms with E-state index >= 15 is 0 Å². The highest BCUT2D eigenvalue weighted by atomic mass is 16.7. The fourth-order valence-electron chi connectivity index (χ4n) is 11.3. The quantitative estimate of drug-likeness (QED) is 0.0715. The summed E-state index contributed by atoms with van der Waals surface area (Å²) in [7, 11) is 0. The molecule has 2 aromatic carbocycles. The molecule has 19 heteroatoms. The lowest BCUT2D eigenvalue weighted by atomic mass is 9.42. The van der Waals surface area contributed by atoms with Crippen molar-refractivity contribution in [2.24, 2.45) is 28.6 Å². The van der Waals surface area contributed by atoms with Crippen molar-refractivity contribution in [1.82, 2.24) is 5.32 Å². The van der Waals surface area contributed by atoms with E-state index in [0.717, 1.165) is 0 Å². The van der Waals surface area contributed by atoms with Crippen LogP contribution in [0.5, 0.6) is 0 Å². The maximum absolute atomic E-state index is 13.8. The van der Waals surface area contributed by atoms with Crippen LogP contribution in [0.1, 0.15) is 91.7 Å². The van der Waals surface area contributed by atoms with Crippen LogP contribution in [0.3, 0.4) is 0 Å². The number of hydrogen-bond donors (Lipinski definition) is 11. The minimum Gasteiger partial charge on any atom is -0.454 e. The third-order valence-electron chi connectivity index (χ3n) is 14.5. The van der Waals surface area contributed by atoms with Crippen molar-refractivity contribution in [3.8, 4) is 0 Å². The Hall–Kier alpha value is -2.77. The maximum Gasteiger partial charge on any atom is 0.303 e. The van der Waals surface area contributed by atoms with E-state index in [1.807, 2.05) is 0 Å². The summed E-state index contributed by atoms with van der Waals surface area (Å²) in [6.45, 7) is 11.5. The van der Waals surface area contributed by atoms with E-state index < -0.39 is 151 Å². The van der Waals surface area contributed by atoms with E-state index in [4.69, 9.17) is 33.2 Å². The molecule has 1 saturated heterocycles. The van der Waals surface area contributed by atoms with Crippen LogP contribution in [0.2, 0.25) is 0 Å². The Morgan fingerprint density at radius 3 is 2.05 bits per heavy atom. The summed E-state index contributed by atoms with van der Waals surface area (Å²) in [5.74, 6) is -4.04. The Morgan fingerprint density at radius 2 is 1.50 bits per heavy atom. The summed E-state index contributed by atoms with van der Waals surface area (Å²) in [4.78, 5) is 13.0. The second-order valence-corrected chi connectivity index (χ2v) is 20.2. The average molecular weight is 938 g/mol. The van der Waals surface area contributed by atoms with Gasteiger partial charge in [0.1, 0.15) is 12.2 Å². The molecule has 0 spiro atoms. The van der Waals surface area contributed by atoms with E-state index in [0.29, 0.717) is 11.1 Å². The highest BCUT2D eigenvalue weighted by molar-refractivity contribution is 5.67. The third kappa shape index (κ3) is 10.2. The molecule has 4 fully saturated rings. The van der Waals surface area contributed by atoms with Crippen molar-refractivity contribution in [1.29, 1.82) is 0 Å². The van der Waals surface area contributed by atoms with Crippen LogP contribution in [0.15, 0.2) is 60.7 Å². The van der Waals surface area contributed by atoms with Gasteiger partial charge in [-0.2, -0.15) is 0 Å². The van der Waals surface area contributed by atoms with Crippen molar-refractivity contribution < 1.29 is 89.0 Å². The van der Waals surface area contributed by atoms with Crippen molar-refractivity contribution in [3.05, 3.63) is 71.8 Å². The summed E-state index contributed by atoms with van der Waals surface area (Å²) in [6.07, 6.45) is -20.1. The molecule has 66 heavy (non-hydrogen) atoms. The molecule has 12 unspecified atom stereocenters. The predicted molar refractivity (Wildman–Crippen MR) is 231 cm³/mol. The number of rotatable bonds is 18. The third-order valence-corrected chi connectivity index (χ3v) is 14.5. The molecule has 1 aliphatic heterocycles. The summed E-state index contributed by atoms with van der Waals surface area (Å²) in [5.41, 5.74) is -7.26. The first kappa shape index (κ1) is 52.6. The zero-order chi connectivity index (χ0) is 48.7. The van der Waals surface area contributed by atoms with Gasteiger partial charge in [0.25, 0.3) is 0 Å². The molecule has 372 valence electrons. The number of aliphatic hydroxyl groups is 10. The van der Waals surface area contributed by atoms with Gasteiger partial charge in [-0.15, -0.1) is 0 Å². The highest BCUT2D eigenvalue weighted by Crippen LogP contribution is 2.66. The largest absolute Gasteiger partial charge is 0.454 e. The second-order valence-electron chi connectivity index (χ2n) is 20.2. The number of nitrogens with one attached hydrogen (secondary N) is 1. The summed E-state index contributed by atoms with van der Waals surface area (Å²) in [5, 5.41) is 119. The zero-order valence-electron chi connectivity index (χ0n) is 38.8. The van der Waals surface area contributed by atoms with Crippen molar-refractivity contribution in [3.63, 3.8) is 0 Å². The van der Waals surface area contributed by atoms with Crippen LogP contribution < -0.4 is 5.32 Å². The lowest BCUT2D eigenvalue weighted by Crippen LogP contribution is -2.83. The van der Waals surface area contributed by atoms with Crippen LogP contribution in [-0.2, 0) is 38.0 Å². The lowest BCUT2D eigenvalue weighted by Gasteiger charge is -2.71. The van der Waals surface area contributed by atoms with E-state index in [1.165, 1.54) is 13.8 Å². The highest BCUT2D eigenvalue weighted by Gasteiger charge is 2.78. The normalized spacial score (nSPS) is 36.9. The van der Waals surface area contributed by atoms with Crippen molar-refractivity contribution in [2.75, 3.05) is 19.8 Å². The van der Waals surface area contributed by atoms with Gasteiger partial charge in [0.05, 0.1) is 67.6 Å². The number of ether oxygens (including phenoxy) is 7. The molecule has 1 heterocycles. The standard InChI is InChI=1S/C47H71NO18/c1-24-28(62-41(57)36(63-32(53)22-60-21-31(51)52)34(26-15-11-9-12-16-26)48-42(58)66-43(3,4)5)20-47(59)39(64-40(56)27-17-13-10-14-18-27)37-45(8,38(55)35(54)33(24)44(47,6)7)29(50)19-30-46(37,23-61-30)65-25(2)49/h9-18,24,28-42,48,50-59H,19-23H2,1-8H3/t24?,28-,29?,30?,32?,33?,34-,35?,36+,37-,38?,39-,40?,41?,42?,45?,46-,47?/m0/s1. The van der Waals surface area contributed by atoms with Gasteiger partial charge in [-0.05, 0) is 32.3 Å². The first-order valence-electron chi connectivity index (χ1n) is 22.5. The van der Waals surface area contributed by atoms with Crippen LogP contribution in [-0.4, -0.2) is 162 Å². The molecule has 2 bridgehead atoms. The number of carbonyl (C=O) groups is 1. The van der Waals surface area contributed by atoms with Gasteiger partial charge in [0.2, 0.25) is 6.41 Å². The number of carbonyl (C=O) groups excluding carboxylic acids is 1. The average Bonchev–Trinajstić information content (AvgIpc) is 3.23. The van der Waals surface area contributed by atoms with E-state index in [9.17, 15) is 55.9 Å². The molecule has 3 saturated carbocycles. The van der Waals surface area contributed by atoms with Gasteiger partial charge in [-0.1, -0.05) is 88.4 Å². The Morgan fingerprint density at radius 1 is 0.894 bits per heavy atom. The van der Waals surface area contributed by atoms with Gasteiger partial charge in [0.15, 0.2) is 30.8 Å². The maximum atomic E-state index is 13.8. The topological polar surface area (TPSA) is 296 Å². The smallest absolute Gasteiger partial charge is 0.303 e. The van der Waals surface area contributed by atoms with Crippen molar-refractivity contribution >= 4 is 5.97 Å². The predicted octanol–water partition coefficient (Wildman–Crippen LogP) is 0.456. The molecule has 3 aliphatic carbocycles. The fourth-order valence-corrected chi connectivity index (χ4v) is 11.3. The Balaban J connectivity index is 1.48. The number of esters is 1. The number of aliphatic hydroxyl groups excluding tert-OH is 8. The van der Waals surface area contributed by atoms with Crippen LogP contribution in [0.4, 0.5) is 0 Å². The monoisotopic (exact) mass is 937 g/mol. The number of benzene rings is 2. The molecule has 2 aromatic rings. The number of fused-ring (bicyclic) bond motifs is 5. The SMILES string of the molecule is CC(=O)O[C@@]12COC1CC(O)C1(C)C(O)C(O)C3C(C)[C@@H](OC(O)[C@H](OC(O)COCC(O)O)[C@@H](NC(O)OC(C)(C)C)c4ccccc4)CC(O)([C@@H](OC(O)c4ccccc4)[C@@H]12)C3(C)C. The Kier molecular flexibility index (Phi) is 16.2. The molecule has 0 radical (unpaired) electrons. The van der Waals surface area contributed by atoms with Crippen LogP contribution >= 0.6 is 0 Å². The first-order chi connectivity index (χ1) is 30.8. The zero-order valence-corrected chi connectivity index (χ0v) is 38.8. The molecule has 0 amide bonds. The first-order valence-corrected chi connectivity index (χ1v) is 22.5. The molecule has 18 atom stereocenters. The minimum atomic E-state index is -2.23. The fraction of sp³-hybridized carbons (Fsp3) is 0.723. The molecular weight excluding hydrogens is 867 g/mol.